The maximum Gasteiger partial charge on any atom is 0.332 e. The van der Waals surface area contributed by atoms with Crippen LogP contribution in [0, 0.1) is 11.8 Å². The van der Waals surface area contributed by atoms with Crippen molar-refractivity contribution in [3.05, 3.63) is 57.8 Å². The van der Waals surface area contributed by atoms with Crippen LogP contribution in [0.25, 0.3) is 22.4 Å². The number of pyridine rings is 1. The number of nitrogens with one attached hydrogen (secondary N) is 1. The summed E-state index contributed by atoms with van der Waals surface area (Å²) in [6, 6.07) is 4.37. The zero-order valence-electron chi connectivity index (χ0n) is 21.7. The molecule has 4 aromatic rings. The third kappa shape index (κ3) is 4.39. The lowest BCUT2D eigenvalue weighted by Gasteiger charge is -2.17. The first-order chi connectivity index (χ1) is 18.7. The van der Waals surface area contributed by atoms with Gasteiger partial charge in [-0.15, -0.1) is 0 Å². The first kappa shape index (κ1) is 24.6. The summed E-state index contributed by atoms with van der Waals surface area (Å²) >= 11 is 0. The Bertz CT molecular complexity index is 1730. The number of hydrogen-bond acceptors (Lipinski definition) is 9. The van der Waals surface area contributed by atoms with E-state index >= 15 is 0 Å². The minimum atomic E-state index is -0.870. The van der Waals surface area contributed by atoms with Gasteiger partial charge in [-0.2, -0.15) is 0 Å². The second kappa shape index (κ2) is 9.26. The van der Waals surface area contributed by atoms with E-state index in [0.717, 1.165) is 41.0 Å². The maximum absolute atomic E-state index is 13.2. The van der Waals surface area contributed by atoms with Crippen LogP contribution in [0.4, 0.5) is 11.8 Å². The van der Waals surface area contributed by atoms with Crippen LogP contribution in [0.2, 0.25) is 0 Å². The van der Waals surface area contributed by atoms with Gasteiger partial charge >= 0.3 is 5.69 Å². The predicted molar refractivity (Wildman–Crippen MR) is 144 cm³/mol. The summed E-state index contributed by atoms with van der Waals surface area (Å²) in [5.41, 5.74) is 0.163. The van der Waals surface area contributed by atoms with Gasteiger partial charge in [0.2, 0.25) is 11.9 Å². The van der Waals surface area contributed by atoms with Crippen molar-refractivity contribution in [2.75, 3.05) is 23.3 Å². The molecule has 1 saturated carbocycles. The number of amides is 1. The normalized spacial score (nSPS) is 18.7. The Balaban J connectivity index is 0.00000323. The molecule has 6 rings (SSSR count). The smallest absolute Gasteiger partial charge is 0.332 e. The van der Waals surface area contributed by atoms with E-state index < -0.39 is 23.2 Å². The number of ketones is 1. The van der Waals surface area contributed by atoms with Crippen LogP contribution in [0.15, 0.2) is 46.5 Å². The number of anilines is 2. The van der Waals surface area contributed by atoms with E-state index in [0.29, 0.717) is 11.5 Å². The van der Waals surface area contributed by atoms with Gasteiger partial charge in [0, 0.05) is 39.5 Å². The number of fused-ring (bicyclic) bond motifs is 2. The molecule has 2 unspecified atom stereocenters. The van der Waals surface area contributed by atoms with Crippen molar-refractivity contribution >= 4 is 34.6 Å². The SMILES string of the molecule is CC(=O)Cn1c(=O)c2c(ncn2[C@@H](C)C(=O)Nc2cccc(-c3cnc(N4CC5CC5C4)nc3)n2)n(C)c1=O.[HH]. The Labute approximate surface area is 223 Å². The number of nitrogens with zero attached hydrogens (tertiary/aromatic N) is 8. The van der Waals surface area contributed by atoms with Gasteiger partial charge in [-0.05, 0) is 44.2 Å². The number of aromatic nitrogens is 7. The monoisotopic (exact) mass is 531 g/mol. The van der Waals surface area contributed by atoms with Gasteiger partial charge in [0.05, 0.1) is 18.6 Å². The van der Waals surface area contributed by atoms with E-state index in [1.807, 2.05) is 6.07 Å². The predicted octanol–water partition coefficient (Wildman–Crippen LogP) is 1.24. The molecule has 1 saturated heterocycles. The third-order valence-corrected chi connectivity index (χ3v) is 7.43. The van der Waals surface area contributed by atoms with Gasteiger partial charge in [-0.3, -0.25) is 23.5 Å². The van der Waals surface area contributed by atoms with Gasteiger partial charge in [-0.25, -0.2) is 24.7 Å². The fourth-order valence-electron chi connectivity index (χ4n) is 5.15. The molecule has 1 aliphatic carbocycles. The molecule has 5 heterocycles. The number of aryl methyl sites for hydroxylation is 1. The summed E-state index contributed by atoms with van der Waals surface area (Å²) in [5.74, 6) is 1.82. The fraction of sp³-hybridized carbons (Fsp3) is 0.385. The van der Waals surface area contributed by atoms with E-state index in [2.05, 4.69) is 30.2 Å². The highest BCUT2D eigenvalue weighted by Crippen LogP contribution is 2.45. The molecule has 39 heavy (non-hydrogen) atoms. The quantitative estimate of drug-likeness (QED) is 0.371. The summed E-state index contributed by atoms with van der Waals surface area (Å²) < 4.78 is 3.42. The summed E-state index contributed by atoms with van der Waals surface area (Å²) in [5, 5.41) is 2.78. The van der Waals surface area contributed by atoms with Crippen molar-refractivity contribution in [2.45, 2.75) is 32.9 Å². The van der Waals surface area contributed by atoms with Crippen LogP contribution in [0.5, 0.6) is 0 Å². The van der Waals surface area contributed by atoms with Crippen molar-refractivity contribution in [1.29, 1.82) is 0 Å². The van der Waals surface area contributed by atoms with Gasteiger partial charge < -0.3 is 14.8 Å². The number of rotatable bonds is 7. The lowest BCUT2D eigenvalue weighted by molar-refractivity contribution is -0.119. The Kier molecular flexibility index (Phi) is 5.85. The number of imidazole rings is 1. The molecule has 13 nitrogen and oxygen atoms in total. The van der Waals surface area contributed by atoms with Crippen LogP contribution < -0.4 is 21.5 Å². The average Bonchev–Trinajstić information content (AvgIpc) is 3.31. The van der Waals surface area contributed by atoms with Crippen LogP contribution in [-0.2, 0) is 23.2 Å². The average molecular weight is 532 g/mol. The number of piperidine rings is 1. The zero-order chi connectivity index (χ0) is 27.4. The topological polar surface area (TPSA) is 150 Å². The molecule has 3 atom stereocenters. The summed E-state index contributed by atoms with van der Waals surface area (Å²) in [7, 11) is 1.46. The standard InChI is InChI=1S/C26H27N9O4.H2/c1-14(36)10-34-24(38)21-22(32(3)26(34)39)29-13-35(21)15(2)23(37)31-20-6-4-5-19(30-20)18-8-27-25(28-9-18)33-11-16-7-17(16)12-33;/h4-6,8-9,13,15-17H,7,10-12H2,1-3H3,(H,30,31,37);1H/t15-,16?,17?;/m0./s1. The molecule has 1 amide bonds. The van der Waals surface area contributed by atoms with E-state index in [-0.39, 0.29) is 24.9 Å². The summed E-state index contributed by atoms with van der Waals surface area (Å²) in [6.07, 6.45) is 6.11. The van der Waals surface area contributed by atoms with Crippen molar-refractivity contribution < 1.29 is 11.0 Å². The number of carbonyl (C=O) groups excluding carboxylic acids is 2. The molecule has 0 radical (unpaired) electrons. The zero-order valence-corrected chi connectivity index (χ0v) is 21.7. The molecule has 2 fully saturated rings. The molecular weight excluding hydrogens is 502 g/mol. The van der Waals surface area contributed by atoms with Crippen molar-refractivity contribution in [2.24, 2.45) is 18.9 Å². The molecular formula is C26H29N9O4. The van der Waals surface area contributed by atoms with Crippen molar-refractivity contribution in [3.8, 4) is 11.3 Å². The highest BCUT2D eigenvalue weighted by atomic mass is 16.2. The van der Waals surface area contributed by atoms with E-state index in [1.165, 1.54) is 35.9 Å². The first-order valence-corrected chi connectivity index (χ1v) is 12.7. The minimum Gasteiger partial charge on any atom is -0.340 e. The second-order valence-electron chi connectivity index (χ2n) is 10.3. The molecule has 0 bridgehead atoms. The van der Waals surface area contributed by atoms with Crippen molar-refractivity contribution in [3.63, 3.8) is 0 Å². The number of carbonyl (C=O) groups is 2. The lowest BCUT2D eigenvalue weighted by atomic mass is 10.2. The maximum atomic E-state index is 13.2. The van der Waals surface area contributed by atoms with Gasteiger partial charge in [0.25, 0.3) is 5.56 Å². The molecule has 0 spiro atoms. The van der Waals surface area contributed by atoms with Gasteiger partial charge in [0.1, 0.15) is 17.6 Å². The van der Waals surface area contributed by atoms with Gasteiger partial charge in [0.15, 0.2) is 11.2 Å². The van der Waals surface area contributed by atoms with E-state index in [9.17, 15) is 19.2 Å². The van der Waals surface area contributed by atoms with Crippen LogP contribution >= 0.6 is 0 Å². The molecule has 2 aliphatic rings. The summed E-state index contributed by atoms with van der Waals surface area (Å²) in [6.45, 7) is 4.55. The summed E-state index contributed by atoms with van der Waals surface area (Å²) in [4.78, 5) is 70.5. The largest absolute Gasteiger partial charge is 0.340 e. The lowest BCUT2D eigenvalue weighted by Crippen LogP contribution is -2.41. The van der Waals surface area contributed by atoms with Crippen LogP contribution in [0.1, 0.15) is 27.7 Å². The molecule has 0 aromatic carbocycles. The Hall–Kier alpha value is -4.68. The van der Waals surface area contributed by atoms with Gasteiger partial charge in [-0.1, -0.05) is 6.07 Å². The number of hydrogen-bond donors (Lipinski definition) is 1. The van der Waals surface area contributed by atoms with E-state index in [4.69, 9.17) is 0 Å². The third-order valence-electron chi connectivity index (χ3n) is 7.43. The Morgan fingerprint density at radius 2 is 1.85 bits per heavy atom. The van der Waals surface area contributed by atoms with Crippen LogP contribution in [0.3, 0.4) is 0 Å². The minimum absolute atomic E-state index is 0. The molecule has 4 aromatic heterocycles. The van der Waals surface area contributed by atoms with E-state index in [1.54, 1.807) is 31.5 Å². The highest BCUT2D eigenvalue weighted by Gasteiger charge is 2.45. The Morgan fingerprint density at radius 3 is 2.54 bits per heavy atom. The molecule has 13 heteroatoms. The molecule has 202 valence electrons. The van der Waals surface area contributed by atoms with Crippen molar-refractivity contribution in [1.82, 2.24) is 33.6 Å². The molecule has 1 N–H and O–H groups in total. The highest BCUT2D eigenvalue weighted by molar-refractivity contribution is 5.93. The first-order valence-electron chi connectivity index (χ1n) is 12.7. The fourth-order valence-corrected chi connectivity index (χ4v) is 5.15. The van der Waals surface area contributed by atoms with Crippen LogP contribution in [-0.4, -0.2) is 58.4 Å². The molecule has 1 aliphatic heterocycles. The number of Topliss-reactive ketones (excluding diaryl/α,β-unsaturated/α-hetero) is 1. The Morgan fingerprint density at radius 1 is 1.13 bits per heavy atom. The second-order valence-corrected chi connectivity index (χ2v) is 10.3.